The van der Waals surface area contributed by atoms with Crippen LogP contribution in [0.4, 0.5) is 18.9 Å². The van der Waals surface area contributed by atoms with Gasteiger partial charge in [0.05, 0.1) is 17.7 Å². The fourth-order valence-electron chi connectivity index (χ4n) is 1.89. The summed E-state index contributed by atoms with van der Waals surface area (Å²) in [6.07, 6.45) is -3.84. The third-order valence-electron chi connectivity index (χ3n) is 3.12. The second-order valence-corrected chi connectivity index (χ2v) is 5.06. The van der Waals surface area contributed by atoms with E-state index in [-0.39, 0.29) is 23.9 Å². The Balaban J connectivity index is 3.10. The molecular weight excluding hydrogens is 293 g/mol. The van der Waals surface area contributed by atoms with E-state index in [4.69, 9.17) is 22.1 Å². The molecule has 1 aromatic rings. The lowest BCUT2D eigenvalue weighted by atomic mass is 9.96. The highest BCUT2D eigenvalue weighted by molar-refractivity contribution is 6.30. The first-order valence-corrected chi connectivity index (χ1v) is 6.49. The summed E-state index contributed by atoms with van der Waals surface area (Å²) in [6, 6.07) is 3.34. The van der Waals surface area contributed by atoms with Crippen LogP contribution in [0.1, 0.15) is 18.9 Å². The fourth-order valence-corrected chi connectivity index (χ4v) is 2.12. The lowest BCUT2D eigenvalue weighted by Crippen LogP contribution is -2.48. The standard InChI is InChI=1S/C13H18ClF3N2O/c1-3-12(7-18,8-20-2)19-11-5-9(13(15,16)17)4-10(14)6-11/h4-6,19H,3,7-8,18H2,1-2H3. The highest BCUT2D eigenvalue weighted by atomic mass is 35.5. The molecule has 0 saturated carbocycles. The average Bonchev–Trinajstić information content (AvgIpc) is 2.36. The molecule has 0 aliphatic rings. The Hall–Kier alpha value is -0.980. The van der Waals surface area contributed by atoms with Crippen molar-refractivity contribution in [3.8, 4) is 0 Å². The first-order valence-electron chi connectivity index (χ1n) is 6.11. The van der Waals surface area contributed by atoms with E-state index in [1.807, 2.05) is 6.92 Å². The number of hydrogen-bond donors (Lipinski definition) is 2. The van der Waals surface area contributed by atoms with Crippen LogP contribution in [0.15, 0.2) is 18.2 Å². The van der Waals surface area contributed by atoms with Crippen LogP contribution in [0.5, 0.6) is 0 Å². The molecule has 0 aliphatic heterocycles. The Kier molecular flexibility index (Phi) is 5.68. The van der Waals surface area contributed by atoms with Gasteiger partial charge in [-0.05, 0) is 24.6 Å². The number of methoxy groups -OCH3 is 1. The number of rotatable bonds is 6. The van der Waals surface area contributed by atoms with Crippen LogP contribution in [0.3, 0.4) is 0 Å². The van der Waals surface area contributed by atoms with Crippen molar-refractivity contribution >= 4 is 17.3 Å². The number of nitrogens with one attached hydrogen (secondary N) is 1. The number of hydrogen-bond acceptors (Lipinski definition) is 3. The predicted molar refractivity (Wildman–Crippen MR) is 74.0 cm³/mol. The molecule has 0 radical (unpaired) electrons. The van der Waals surface area contributed by atoms with Gasteiger partial charge in [-0.15, -0.1) is 0 Å². The van der Waals surface area contributed by atoms with Gasteiger partial charge in [0.1, 0.15) is 0 Å². The summed E-state index contributed by atoms with van der Waals surface area (Å²) in [5.41, 5.74) is 4.57. The third-order valence-corrected chi connectivity index (χ3v) is 3.34. The number of halogens is 4. The Labute approximate surface area is 121 Å². The van der Waals surface area contributed by atoms with E-state index in [9.17, 15) is 13.2 Å². The molecule has 0 spiro atoms. The minimum atomic E-state index is -4.44. The molecule has 0 saturated heterocycles. The van der Waals surface area contributed by atoms with E-state index in [2.05, 4.69) is 5.32 Å². The third kappa shape index (κ3) is 4.26. The Bertz CT molecular complexity index is 448. The topological polar surface area (TPSA) is 47.3 Å². The predicted octanol–water partition coefficient (Wildman–Crippen LogP) is 3.52. The molecule has 0 bridgehead atoms. The summed E-state index contributed by atoms with van der Waals surface area (Å²) < 4.78 is 43.4. The van der Waals surface area contributed by atoms with Gasteiger partial charge in [0, 0.05) is 24.4 Å². The highest BCUT2D eigenvalue weighted by Gasteiger charge is 2.32. The zero-order valence-electron chi connectivity index (χ0n) is 11.4. The highest BCUT2D eigenvalue weighted by Crippen LogP contribution is 2.34. The van der Waals surface area contributed by atoms with Crippen LogP contribution in [0.25, 0.3) is 0 Å². The van der Waals surface area contributed by atoms with Gasteiger partial charge >= 0.3 is 6.18 Å². The van der Waals surface area contributed by atoms with Crippen molar-refractivity contribution < 1.29 is 17.9 Å². The van der Waals surface area contributed by atoms with E-state index < -0.39 is 17.3 Å². The molecule has 0 heterocycles. The molecule has 20 heavy (non-hydrogen) atoms. The van der Waals surface area contributed by atoms with Crippen molar-refractivity contribution in [2.75, 3.05) is 25.6 Å². The molecule has 1 aromatic carbocycles. The lowest BCUT2D eigenvalue weighted by molar-refractivity contribution is -0.137. The van der Waals surface area contributed by atoms with Crippen molar-refractivity contribution in [3.05, 3.63) is 28.8 Å². The van der Waals surface area contributed by atoms with Crippen LogP contribution in [-0.2, 0) is 10.9 Å². The fraction of sp³-hybridized carbons (Fsp3) is 0.538. The summed E-state index contributed by atoms with van der Waals surface area (Å²) in [4.78, 5) is 0. The maximum Gasteiger partial charge on any atom is 0.416 e. The Morgan fingerprint density at radius 3 is 2.40 bits per heavy atom. The Morgan fingerprint density at radius 2 is 1.95 bits per heavy atom. The minimum absolute atomic E-state index is 0.0155. The molecule has 1 atom stereocenters. The molecule has 114 valence electrons. The first kappa shape index (κ1) is 17.1. The lowest BCUT2D eigenvalue weighted by Gasteiger charge is -2.33. The number of ether oxygens (including phenoxy) is 1. The number of benzene rings is 1. The molecule has 0 aliphatic carbocycles. The average molecular weight is 311 g/mol. The van der Waals surface area contributed by atoms with Crippen molar-refractivity contribution in [3.63, 3.8) is 0 Å². The van der Waals surface area contributed by atoms with Gasteiger partial charge < -0.3 is 15.8 Å². The number of anilines is 1. The van der Waals surface area contributed by atoms with Crippen molar-refractivity contribution in [2.24, 2.45) is 5.73 Å². The minimum Gasteiger partial charge on any atom is -0.382 e. The molecule has 0 fully saturated rings. The maximum atomic E-state index is 12.8. The van der Waals surface area contributed by atoms with Gasteiger partial charge in [-0.3, -0.25) is 0 Å². The molecule has 3 nitrogen and oxygen atoms in total. The molecule has 0 amide bonds. The van der Waals surface area contributed by atoms with E-state index in [1.165, 1.54) is 13.2 Å². The van der Waals surface area contributed by atoms with Crippen molar-refractivity contribution in [2.45, 2.75) is 25.1 Å². The van der Waals surface area contributed by atoms with Crippen LogP contribution in [0.2, 0.25) is 5.02 Å². The summed E-state index contributed by atoms with van der Waals surface area (Å²) in [6.45, 7) is 2.40. The molecule has 7 heteroatoms. The number of nitrogens with two attached hydrogens (primary N) is 1. The molecule has 0 aromatic heterocycles. The second kappa shape index (κ2) is 6.65. The molecule has 1 rings (SSSR count). The Morgan fingerprint density at radius 1 is 1.30 bits per heavy atom. The first-order chi connectivity index (χ1) is 9.26. The second-order valence-electron chi connectivity index (χ2n) is 4.62. The molecular formula is C13H18ClF3N2O. The summed E-state index contributed by atoms with van der Waals surface area (Å²) in [5.74, 6) is 0. The van der Waals surface area contributed by atoms with Crippen molar-refractivity contribution in [1.82, 2.24) is 0 Å². The smallest absolute Gasteiger partial charge is 0.382 e. The van der Waals surface area contributed by atoms with Gasteiger partial charge in [-0.1, -0.05) is 18.5 Å². The molecule has 1 unspecified atom stereocenters. The van der Waals surface area contributed by atoms with E-state index >= 15 is 0 Å². The van der Waals surface area contributed by atoms with Gasteiger partial charge in [-0.2, -0.15) is 13.2 Å². The summed E-state index contributed by atoms with van der Waals surface area (Å²) in [5, 5.41) is 3.03. The largest absolute Gasteiger partial charge is 0.416 e. The SMILES string of the molecule is CCC(CN)(COC)Nc1cc(Cl)cc(C(F)(F)F)c1. The van der Waals surface area contributed by atoms with Gasteiger partial charge in [0.15, 0.2) is 0 Å². The quantitative estimate of drug-likeness (QED) is 0.845. The van der Waals surface area contributed by atoms with E-state index in [1.54, 1.807) is 0 Å². The van der Waals surface area contributed by atoms with Crippen LogP contribution in [0, 0.1) is 0 Å². The van der Waals surface area contributed by atoms with Crippen molar-refractivity contribution in [1.29, 1.82) is 0 Å². The molecule has 3 N–H and O–H groups in total. The zero-order valence-corrected chi connectivity index (χ0v) is 12.1. The van der Waals surface area contributed by atoms with E-state index in [0.29, 0.717) is 6.42 Å². The van der Waals surface area contributed by atoms with Crippen LogP contribution < -0.4 is 11.1 Å². The monoisotopic (exact) mass is 310 g/mol. The summed E-state index contributed by atoms with van der Waals surface area (Å²) in [7, 11) is 1.51. The van der Waals surface area contributed by atoms with Gasteiger partial charge in [-0.25, -0.2) is 0 Å². The van der Waals surface area contributed by atoms with E-state index in [0.717, 1.165) is 12.1 Å². The normalized spacial score (nSPS) is 14.9. The van der Waals surface area contributed by atoms with Gasteiger partial charge in [0.25, 0.3) is 0 Å². The van der Waals surface area contributed by atoms with Gasteiger partial charge in [0.2, 0.25) is 0 Å². The van der Waals surface area contributed by atoms with Crippen LogP contribution in [-0.4, -0.2) is 25.8 Å². The number of alkyl halides is 3. The maximum absolute atomic E-state index is 12.8. The zero-order chi connectivity index (χ0) is 15.4. The van der Waals surface area contributed by atoms with Crippen LogP contribution >= 0.6 is 11.6 Å². The summed E-state index contributed by atoms with van der Waals surface area (Å²) >= 11 is 5.75.